The monoisotopic (exact) mass is 359 g/mol. The van der Waals surface area contributed by atoms with Crippen molar-refractivity contribution in [1.82, 2.24) is 10.2 Å². The molecule has 0 aliphatic carbocycles. The van der Waals surface area contributed by atoms with Gasteiger partial charge in [-0.3, -0.25) is 0 Å². The Kier molecular flexibility index (Phi) is 5.40. The van der Waals surface area contributed by atoms with Crippen LogP contribution in [0.25, 0.3) is 0 Å². The molecule has 0 aliphatic rings. The minimum Gasteiger partial charge on any atom is -0.495 e. The summed E-state index contributed by atoms with van der Waals surface area (Å²) >= 11 is 6.10. The van der Waals surface area contributed by atoms with Gasteiger partial charge in [0.1, 0.15) is 11.5 Å². The van der Waals surface area contributed by atoms with Crippen molar-refractivity contribution in [2.24, 2.45) is 0 Å². The predicted octanol–water partition coefficient (Wildman–Crippen LogP) is 3.94. The highest BCUT2D eigenvalue weighted by Gasteiger charge is 2.12. The summed E-state index contributed by atoms with van der Waals surface area (Å²) < 4.78 is 16.2. The van der Waals surface area contributed by atoms with Crippen molar-refractivity contribution < 1.29 is 13.9 Å². The third-order valence-corrected chi connectivity index (χ3v) is 3.91. The number of rotatable bonds is 7. The van der Waals surface area contributed by atoms with Crippen molar-refractivity contribution in [2.75, 3.05) is 19.5 Å². The van der Waals surface area contributed by atoms with Gasteiger partial charge in [-0.25, -0.2) is 0 Å². The molecule has 7 heteroatoms. The second-order valence-electron chi connectivity index (χ2n) is 5.29. The number of ether oxygens (including phenoxy) is 2. The van der Waals surface area contributed by atoms with Crippen LogP contribution in [-0.4, -0.2) is 24.4 Å². The van der Waals surface area contributed by atoms with E-state index in [0.717, 1.165) is 11.3 Å². The lowest BCUT2D eigenvalue weighted by molar-refractivity contribution is 0.404. The lowest BCUT2D eigenvalue weighted by atomic mass is 10.2. The molecular formula is C18H18ClN3O3. The van der Waals surface area contributed by atoms with E-state index in [2.05, 4.69) is 15.5 Å². The van der Waals surface area contributed by atoms with Crippen molar-refractivity contribution >= 4 is 17.3 Å². The molecule has 0 spiro atoms. The van der Waals surface area contributed by atoms with Crippen LogP contribution in [0.1, 0.15) is 17.3 Å². The number of anilines is 1. The molecule has 0 saturated heterocycles. The van der Waals surface area contributed by atoms with Crippen LogP contribution >= 0.6 is 11.6 Å². The molecule has 0 aliphatic heterocycles. The van der Waals surface area contributed by atoms with E-state index < -0.39 is 0 Å². The summed E-state index contributed by atoms with van der Waals surface area (Å²) in [6.07, 6.45) is 0.603. The largest absolute Gasteiger partial charge is 0.495 e. The Morgan fingerprint density at radius 3 is 2.44 bits per heavy atom. The Morgan fingerprint density at radius 2 is 1.72 bits per heavy atom. The van der Waals surface area contributed by atoms with Crippen molar-refractivity contribution in [3.8, 4) is 11.5 Å². The van der Waals surface area contributed by atoms with E-state index in [4.69, 9.17) is 25.5 Å². The van der Waals surface area contributed by atoms with Gasteiger partial charge in [-0.1, -0.05) is 41.9 Å². The van der Waals surface area contributed by atoms with Crippen molar-refractivity contribution in [1.29, 1.82) is 0 Å². The zero-order valence-electron chi connectivity index (χ0n) is 14.0. The van der Waals surface area contributed by atoms with Gasteiger partial charge in [0.25, 0.3) is 0 Å². The fourth-order valence-corrected chi connectivity index (χ4v) is 2.60. The van der Waals surface area contributed by atoms with Gasteiger partial charge in [-0.05, 0) is 5.56 Å². The van der Waals surface area contributed by atoms with Crippen LogP contribution in [0.3, 0.4) is 0 Å². The summed E-state index contributed by atoms with van der Waals surface area (Å²) in [7, 11) is 3.14. The van der Waals surface area contributed by atoms with E-state index in [1.807, 2.05) is 30.3 Å². The third kappa shape index (κ3) is 4.22. The number of hydrogen-bond acceptors (Lipinski definition) is 6. The second-order valence-corrected chi connectivity index (χ2v) is 5.70. The summed E-state index contributed by atoms with van der Waals surface area (Å²) in [6, 6.07) is 13.4. The van der Waals surface area contributed by atoms with E-state index >= 15 is 0 Å². The summed E-state index contributed by atoms with van der Waals surface area (Å²) in [6.45, 7) is 0.364. The molecule has 25 heavy (non-hydrogen) atoms. The average Bonchev–Trinajstić information content (AvgIpc) is 3.08. The summed E-state index contributed by atoms with van der Waals surface area (Å²) in [5.41, 5.74) is 1.85. The highest BCUT2D eigenvalue weighted by molar-refractivity contribution is 6.32. The van der Waals surface area contributed by atoms with Gasteiger partial charge in [0.05, 0.1) is 37.9 Å². The Bertz CT molecular complexity index is 837. The smallest absolute Gasteiger partial charge is 0.235 e. The fourth-order valence-electron chi connectivity index (χ4n) is 2.37. The molecule has 6 nitrogen and oxygen atoms in total. The van der Waals surface area contributed by atoms with Crippen LogP contribution in [-0.2, 0) is 13.0 Å². The Labute approximate surface area is 150 Å². The minimum atomic E-state index is 0.364. The highest BCUT2D eigenvalue weighted by Crippen LogP contribution is 2.36. The van der Waals surface area contributed by atoms with Crippen molar-refractivity contribution in [2.45, 2.75) is 13.0 Å². The number of aromatic nitrogens is 2. The molecule has 0 radical (unpaired) electrons. The first kappa shape index (κ1) is 17.1. The molecule has 130 valence electrons. The summed E-state index contributed by atoms with van der Waals surface area (Å²) in [4.78, 5) is 0. The summed E-state index contributed by atoms with van der Waals surface area (Å²) in [5.74, 6) is 2.22. The van der Waals surface area contributed by atoms with E-state index in [0.29, 0.717) is 41.3 Å². The van der Waals surface area contributed by atoms with Crippen molar-refractivity contribution in [3.63, 3.8) is 0 Å². The fraction of sp³-hybridized carbons (Fsp3) is 0.222. The van der Waals surface area contributed by atoms with E-state index in [-0.39, 0.29) is 0 Å². The van der Waals surface area contributed by atoms with E-state index in [1.54, 1.807) is 26.4 Å². The number of nitrogens with zero attached hydrogens (tertiary/aromatic N) is 2. The van der Waals surface area contributed by atoms with Crippen LogP contribution < -0.4 is 14.8 Å². The first-order valence-corrected chi connectivity index (χ1v) is 8.08. The zero-order chi connectivity index (χ0) is 17.6. The molecule has 0 bridgehead atoms. The quantitative estimate of drug-likeness (QED) is 0.689. The standard InChI is InChI=1S/C18H18ClN3O3/c1-23-15-10-14(16(24-2)9-13(15)19)20-11-18-22-21-17(25-18)8-12-6-4-3-5-7-12/h3-7,9-10,20H,8,11H2,1-2H3. The third-order valence-electron chi connectivity index (χ3n) is 3.61. The number of halogens is 1. The van der Waals surface area contributed by atoms with Gasteiger partial charge in [0.15, 0.2) is 0 Å². The van der Waals surface area contributed by atoms with Crippen molar-refractivity contribution in [3.05, 3.63) is 64.8 Å². The minimum absolute atomic E-state index is 0.364. The van der Waals surface area contributed by atoms with Crippen LogP contribution in [0.2, 0.25) is 5.02 Å². The molecule has 1 aromatic heterocycles. The van der Waals surface area contributed by atoms with Gasteiger partial charge >= 0.3 is 0 Å². The lowest BCUT2D eigenvalue weighted by Gasteiger charge is -2.12. The zero-order valence-corrected chi connectivity index (χ0v) is 14.7. The van der Waals surface area contributed by atoms with Crippen LogP contribution in [0.15, 0.2) is 46.9 Å². The molecule has 0 unspecified atom stereocenters. The van der Waals surface area contributed by atoms with Gasteiger partial charge in [-0.15, -0.1) is 10.2 Å². The number of nitrogens with one attached hydrogen (secondary N) is 1. The maximum atomic E-state index is 6.10. The normalized spacial score (nSPS) is 10.5. The first-order valence-electron chi connectivity index (χ1n) is 7.70. The van der Waals surface area contributed by atoms with Crippen LogP contribution in [0.5, 0.6) is 11.5 Å². The predicted molar refractivity (Wildman–Crippen MR) is 95.4 cm³/mol. The first-order chi connectivity index (χ1) is 12.2. The molecule has 1 heterocycles. The second kappa shape index (κ2) is 7.90. The topological polar surface area (TPSA) is 69.4 Å². The Hall–Kier alpha value is -2.73. The average molecular weight is 360 g/mol. The van der Waals surface area contributed by atoms with Gasteiger partial charge in [0, 0.05) is 12.1 Å². The molecule has 0 saturated carbocycles. The molecule has 3 aromatic rings. The number of hydrogen-bond donors (Lipinski definition) is 1. The maximum absolute atomic E-state index is 6.10. The lowest BCUT2D eigenvalue weighted by Crippen LogP contribution is -2.02. The molecule has 0 atom stereocenters. The molecule has 1 N–H and O–H groups in total. The number of benzene rings is 2. The summed E-state index contributed by atoms with van der Waals surface area (Å²) in [5, 5.41) is 11.8. The van der Waals surface area contributed by atoms with Gasteiger partial charge in [-0.2, -0.15) is 0 Å². The SMILES string of the molecule is COc1cc(NCc2nnc(Cc3ccccc3)o2)c(OC)cc1Cl. The molecule has 2 aromatic carbocycles. The van der Waals surface area contributed by atoms with E-state index in [9.17, 15) is 0 Å². The van der Waals surface area contributed by atoms with E-state index in [1.165, 1.54) is 0 Å². The molecular weight excluding hydrogens is 342 g/mol. The maximum Gasteiger partial charge on any atom is 0.235 e. The highest BCUT2D eigenvalue weighted by atomic mass is 35.5. The molecule has 3 rings (SSSR count). The molecule has 0 fully saturated rings. The van der Waals surface area contributed by atoms with Crippen LogP contribution in [0, 0.1) is 0 Å². The Balaban J connectivity index is 1.68. The van der Waals surface area contributed by atoms with Gasteiger partial charge < -0.3 is 19.2 Å². The number of methoxy groups -OCH3 is 2. The Morgan fingerprint density at radius 1 is 1.00 bits per heavy atom. The van der Waals surface area contributed by atoms with Crippen LogP contribution in [0.4, 0.5) is 5.69 Å². The molecule has 0 amide bonds. The van der Waals surface area contributed by atoms with Gasteiger partial charge in [0.2, 0.25) is 11.8 Å².